The van der Waals surface area contributed by atoms with Crippen LogP contribution in [-0.2, 0) is 0 Å². The first-order chi connectivity index (χ1) is 9.59. The average Bonchev–Trinajstić information content (AvgIpc) is 2.72. The van der Waals surface area contributed by atoms with Crippen LogP contribution in [0.1, 0.15) is 42.6 Å². The fourth-order valence-electron chi connectivity index (χ4n) is 2.50. The zero-order chi connectivity index (χ0) is 14.3. The first-order valence-electron chi connectivity index (χ1n) is 6.10. The number of fused-ring (bicyclic) bond motifs is 1. The molecule has 3 rings (SSSR count). The first kappa shape index (κ1) is 12.3. The molecule has 0 amide bonds. The van der Waals surface area contributed by atoms with E-state index in [1.165, 1.54) is 12.1 Å². The fraction of sp³-hybridized carbons (Fsp3) is 0.0625. The van der Waals surface area contributed by atoms with Crippen LogP contribution in [0.4, 0.5) is 0 Å². The number of rotatable bonds is 2. The molecule has 4 nitrogen and oxygen atoms in total. The molecule has 0 bridgehead atoms. The van der Waals surface area contributed by atoms with E-state index >= 15 is 0 Å². The summed E-state index contributed by atoms with van der Waals surface area (Å²) in [6, 6.07) is 12.6. The van der Waals surface area contributed by atoms with Gasteiger partial charge in [-0.1, -0.05) is 36.4 Å². The Labute approximate surface area is 114 Å². The second-order valence-electron chi connectivity index (χ2n) is 4.64. The van der Waals surface area contributed by atoms with Crippen molar-refractivity contribution < 1.29 is 19.5 Å². The largest absolute Gasteiger partial charge is 0.478 e. The van der Waals surface area contributed by atoms with Gasteiger partial charge in [0.05, 0.1) is 5.56 Å². The normalized spacial score (nSPS) is 14.4. The van der Waals surface area contributed by atoms with E-state index in [4.69, 9.17) is 5.11 Å². The summed E-state index contributed by atoms with van der Waals surface area (Å²) in [4.78, 5) is 35.6. The minimum absolute atomic E-state index is 0.0686. The number of carbonyl (C=O) groups is 3. The monoisotopic (exact) mass is 266 g/mol. The van der Waals surface area contributed by atoms with Crippen molar-refractivity contribution in [2.24, 2.45) is 0 Å². The molecule has 2 aromatic carbocycles. The van der Waals surface area contributed by atoms with E-state index in [9.17, 15) is 14.4 Å². The molecule has 0 saturated carbocycles. The lowest BCUT2D eigenvalue weighted by Crippen LogP contribution is -2.13. The molecule has 0 fully saturated rings. The molecule has 2 aromatic rings. The molecule has 0 aliphatic heterocycles. The SMILES string of the molecule is O=C(O)c1cccc(C2C(=O)c3ccccc3C2=O)c1. The Morgan fingerprint density at radius 2 is 1.50 bits per heavy atom. The van der Waals surface area contributed by atoms with E-state index in [1.54, 1.807) is 36.4 Å². The number of carbonyl (C=O) groups excluding carboxylic acids is 2. The van der Waals surface area contributed by atoms with Crippen molar-refractivity contribution in [2.75, 3.05) is 0 Å². The second kappa shape index (κ2) is 4.42. The smallest absolute Gasteiger partial charge is 0.335 e. The first-order valence-corrected chi connectivity index (χ1v) is 6.10. The Kier molecular flexibility index (Phi) is 2.71. The second-order valence-corrected chi connectivity index (χ2v) is 4.64. The van der Waals surface area contributed by atoms with E-state index in [0.29, 0.717) is 16.7 Å². The van der Waals surface area contributed by atoms with Gasteiger partial charge in [-0.3, -0.25) is 9.59 Å². The minimum Gasteiger partial charge on any atom is -0.478 e. The molecule has 0 heterocycles. The van der Waals surface area contributed by atoms with Gasteiger partial charge in [0.25, 0.3) is 0 Å². The Morgan fingerprint density at radius 3 is 2.05 bits per heavy atom. The van der Waals surface area contributed by atoms with Crippen molar-refractivity contribution in [2.45, 2.75) is 5.92 Å². The number of benzene rings is 2. The average molecular weight is 266 g/mol. The summed E-state index contributed by atoms with van der Waals surface area (Å²) in [6.45, 7) is 0. The summed E-state index contributed by atoms with van der Waals surface area (Å²) in [5, 5.41) is 8.99. The summed E-state index contributed by atoms with van der Waals surface area (Å²) in [5.74, 6) is -2.55. The van der Waals surface area contributed by atoms with E-state index in [-0.39, 0.29) is 17.1 Å². The summed E-state index contributed by atoms with van der Waals surface area (Å²) in [5.41, 5.74) is 1.31. The lowest BCUT2D eigenvalue weighted by molar-refractivity contribution is 0.0695. The van der Waals surface area contributed by atoms with Gasteiger partial charge in [0, 0.05) is 11.1 Å². The maximum atomic E-state index is 12.3. The van der Waals surface area contributed by atoms with E-state index in [0.717, 1.165) is 0 Å². The minimum atomic E-state index is -1.08. The van der Waals surface area contributed by atoms with Crippen molar-refractivity contribution in [1.29, 1.82) is 0 Å². The van der Waals surface area contributed by atoms with Crippen LogP contribution in [0.3, 0.4) is 0 Å². The van der Waals surface area contributed by atoms with Crippen LogP contribution >= 0.6 is 0 Å². The highest BCUT2D eigenvalue weighted by molar-refractivity contribution is 6.29. The molecular formula is C16H10O4. The molecule has 0 aromatic heterocycles. The molecule has 0 unspecified atom stereocenters. The van der Waals surface area contributed by atoms with Crippen molar-refractivity contribution in [1.82, 2.24) is 0 Å². The van der Waals surface area contributed by atoms with Crippen molar-refractivity contribution >= 4 is 17.5 Å². The molecule has 1 aliphatic rings. The van der Waals surface area contributed by atoms with Gasteiger partial charge in [-0.25, -0.2) is 4.79 Å². The molecule has 0 spiro atoms. The van der Waals surface area contributed by atoms with Gasteiger partial charge < -0.3 is 5.11 Å². The van der Waals surface area contributed by atoms with Crippen LogP contribution < -0.4 is 0 Å². The van der Waals surface area contributed by atoms with Crippen molar-refractivity contribution in [3.63, 3.8) is 0 Å². The van der Waals surface area contributed by atoms with Crippen LogP contribution in [-0.4, -0.2) is 22.6 Å². The number of hydrogen-bond acceptors (Lipinski definition) is 3. The van der Waals surface area contributed by atoms with Gasteiger partial charge in [-0.2, -0.15) is 0 Å². The molecular weight excluding hydrogens is 256 g/mol. The highest BCUT2D eigenvalue weighted by Gasteiger charge is 2.39. The number of carboxylic acids is 1. The topological polar surface area (TPSA) is 71.4 Å². The Hall–Kier alpha value is -2.75. The number of Topliss-reactive ketones (excluding diaryl/α,β-unsaturated/α-hetero) is 2. The quantitative estimate of drug-likeness (QED) is 0.848. The number of aromatic carboxylic acids is 1. The molecule has 98 valence electrons. The predicted octanol–water partition coefficient (Wildman–Crippen LogP) is 2.55. The maximum absolute atomic E-state index is 12.3. The third-order valence-electron chi connectivity index (χ3n) is 3.45. The lowest BCUT2D eigenvalue weighted by Gasteiger charge is -2.07. The van der Waals surface area contributed by atoms with Gasteiger partial charge >= 0.3 is 5.97 Å². The standard InChI is InChI=1S/C16H10O4/c17-14-11-6-1-2-7-12(11)15(18)13(14)9-4-3-5-10(8-9)16(19)20/h1-8,13H,(H,19,20). The van der Waals surface area contributed by atoms with Crippen LogP contribution in [0.15, 0.2) is 48.5 Å². The molecule has 0 saturated heterocycles. The summed E-state index contributed by atoms with van der Waals surface area (Å²) < 4.78 is 0. The van der Waals surface area contributed by atoms with E-state index in [2.05, 4.69) is 0 Å². The van der Waals surface area contributed by atoms with E-state index in [1.807, 2.05) is 0 Å². The summed E-state index contributed by atoms with van der Waals surface area (Å²) in [7, 11) is 0. The molecule has 20 heavy (non-hydrogen) atoms. The van der Waals surface area contributed by atoms with E-state index < -0.39 is 11.9 Å². The lowest BCUT2D eigenvalue weighted by atomic mass is 9.93. The van der Waals surface area contributed by atoms with Crippen LogP contribution in [0.2, 0.25) is 0 Å². The number of carboxylic acid groups (broad SMARTS) is 1. The third-order valence-corrected chi connectivity index (χ3v) is 3.45. The van der Waals surface area contributed by atoms with Crippen LogP contribution in [0.5, 0.6) is 0 Å². The third kappa shape index (κ3) is 1.73. The predicted molar refractivity (Wildman–Crippen MR) is 71.2 cm³/mol. The van der Waals surface area contributed by atoms with Gasteiger partial charge in [-0.05, 0) is 17.7 Å². The molecule has 1 aliphatic carbocycles. The molecule has 1 N–H and O–H groups in total. The van der Waals surface area contributed by atoms with Gasteiger partial charge in [0.1, 0.15) is 5.92 Å². The summed E-state index contributed by atoms with van der Waals surface area (Å²) in [6.07, 6.45) is 0. The summed E-state index contributed by atoms with van der Waals surface area (Å²) >= 11 is 0. The van der Waals surface area contributed by atoms with Gasteiger partial charge in [0.15, 0.2) is 11.6 Å². The Balaban J connectivity index is 2.09. The molecule has 0 radical (unpaired) electrons. The highest BCUT2D eigenvalue weighted by Crippen LogP contribution is 2.34. The van der Waals surface area contributed by atoms with Crippen LogP contribution in [0, 0.1) is 0 Å². The zero-order valence-electron chi connectivity index (χ0n) is 10.4. The van der Waals surface area contributed by atoms with Gasteiger partial charge in [-0.15, -0.1) is 0 Å². The number of hydrogen-bond donors (Lipinski definition) is 1. The molecule has 4 heteroatoms. The van der Waals surface area contributed by atoms with Crippen molar-refractivity contribution in [3.05, 3.63) is 70.8 Å². The maximum Gasteiger partial charge on any atom is 0.335 e. The zero-order valence-corrected chi connectivity index (χ0v) is 10.4. The number of ketones is 2. The van der Waals surface area contributed by atoms with Gasteiger partial charge in [0.2, 0.25) is 0 Å². The van der Waals surface area contributed by atoms with Crippen molar-refractivity contribution in [3.8, 4) is 0 Å². The highest BCUT2D eigenvalue weighted by atomic mass is 16.4. The van der Waals surface area contributed by atoms with Crippen LogP contribution in [0.25, 0.3) is 0 Å². The Bertz CT molecular complexity index is 711. The Morgan fingerprint density at radius 1 is 0.900 bits per heavy atom. The fourth-order valence-corrected chi connectivity index (χ4v) is 2.50. The molecule has 0 atom stereocenters.